The number of fused-ring (bicyclic) bond motifs is 1. The summed E-state index contributed by atoms with van der Waals surface area (Å²) in [5, 5.41) is 13.9. The summed E-state index contributed by atoms with van der Waals surface area (Å²) in [7, 11) is -4.36. The molecule has 38 heavy (non-hydrogen) atoms. The summed E-state index contributed by atoms with van der Waals surface area (Å²) in [6, 6.07) is 5.04. The number of nitrogens with one attached hydrogen (secondary N) is 2. The van der Waals surface area contributed by atoms with Crippen molar-refractivity contribution in [1.29, 1.82) is 0 Å². The number of halogens is 2. The molecule has 202 valence electrons. The van der Waals surface area contributed by atoms with Crippen LogP contribution >= 0.6 is 34.5 Å². The number of hydrogen-bond acceptors (Lipinski definition) is 10. The van der Waals surface area contributed by atoms with Crippen LogP contribution in [0.25, 0.3) is 0 Å². The average Bonchev–Trinajstić information content (AvgIpc) is 3.43. The molecule has 1 aliphatic heterocycles. The van der Waals surface area contributed by atoms with E-state index in [-0.39, 0.29) is 29.8 Å². The van der Waals surface area contributed by atoms with Gasteiger partial charge in [0.15, 0.2) is 0 Å². The van der Waals surface area contributed by atoms with E-state index in [1.54, 1.807) is 12.1 Å². The van der Waals surface area contributed by atoms with Crippen molar-refractivity contribution in [3.63, 3.8) is 0 Å². The lowest BCUT2D eigenvalue weighted by atomic mass is 9.99. The SMILES string of the molecule is O=C(c1cc([C@@H]2OCCc3ccc(Cl)nc32)c(Cl)s1)c1cncnc1N[C@@H]1C[C@H](CNS(=O)(=O)O)[C@@H](O)C1. The number of aromatic nitrogens is 3. The summed E-state index contributed by atoms with van der Waals surface area (Å²) in [5.74, 6) is -0.483. The first-order valence-electron chi connectivity index (χ1n) is 11.7. The molecule has 0 saturated heterocycles. The number of nitrogens with zero attached hydrogens (tertiary/aromatic N) is 3. The van der Waals surface area contributed by atoms with Crippen molar-refractivity contribution in [2.45, 2.75) is 37.5 Å². The molecule has 4 atom stereocenters. The van der Waals surface area contributed by atoms with Crippen LogP contribution in [0.1, 0.15) is 51.0 Å². The van der Waals surface area contributed by atoms with Crippen molar-refractivity contribution >= 4 is 56.4 Å². The number of anilines is 1. The highest BCUT2D eigenvalue weighted by atomic mass is 35.5. The molecule has 0 spiro atoms. The number of ketones is 1. The fourth-order valence-electron chi connectivity index (χ4n) is 4.78. The molecular weight excluding hydrogens is 577 g/mol. The van der Waals surface area contributed by atoms with Gasteiger partial charge in [0.25, 0.3) is 0 Å². The molecular formula is C23H23Cl2N5O6S2. The molecule has 0 aromatic carbocycles. The van der Waals surface area contributed by atoms with E-state index in [0.29, 0.717) is 51.5 Å². The van der Waals surface area contributed by atoms with Crippen LogP contribution in [0.15, 0.2) is 30.7 Å². The Balaban J connectivity index is 1.35. The Labute approximate surface area is 232 Å². The Bertz CT molecular complexity index is 1470. The van der Waals surface area contributed by atoms with Crippen LogP contribution in [0.2, 0.25) is 9.49 Å². The highest BCUT2D eigenvalue weighted by Crippen LogP contribution is 2.41. The predicted octanol–water partition coefficient (Wildman–Crippen LogP) is 3.08. The van der Waals surface area contributed by atoms with Crippen molar-refractivity contribution in [2.75, 3.05) is 18.5 Å². The Morgan fingerprint density at radius 3 is 2.87 bits per heavy atom. The average molecular weight is 601 g/mol. The van der Waals surface area contributed by atoms with Gasteiger partial charge in [-0.25, -0.2) is 15.0 Å². The van der Waals surface area contributed by atoms with Crippen molar-refractivity contribution in [3.05, 3.63) is 67.5 Å². The van der Waals surface area contributed by atoms with Crippen LogP contribution in [0.5, 0.6) is 0 Å². The number of thiophene rings is 1. The van der Waals surface area contributed by atoms with Crippen LogP contribution in [0, 0.1) is 5.92 Å². The van der Waals surface area contributed by atoms with Gasteiger partial charge in [0, 0.05) is 30.3 Å². The van der Waals surface area contributed by atoms with Crippen LogP contribution < -0.4 is 10.0 Å². The van der Waals surface area contributed by atoms with E-state index in [9.17, 15) is 18.3 Å². The van der Waals surface area contributed by atoms with Crippen molar-refractivity contribution in [2.24, 2.45) is 5.92 Å². The Hall–Kier alpha value is -2.23. The third-order valence-corrected chi connectivity index (χ3v) is 8.71. The topological polar surface area (TPSA) is 164 Å². The van der Waals surface area contributed by atoms with E-state index in [4.69, 9.17) is 32.5 Å². The molecule has 4 N–H and O–H groups in total. The number of carbonyl (C=O) groups excluding carboxylic acids is 1. The molecule has 4 heterocycles. The Kier molecular flexibility index (Phi) is 7.99. The molecule has 2 aliphatic rings. The molecule has 1 aliphatic carbocycles. The lowest BCUT2D eigenvalue weighted by Gasteiger charge is -2.25. The van der Waals surface area contributed by atoms with Crippen molar-refractivity contribution in [1.82, 2.24) is 19.7 Å². The Morgan fingerprint density at radius 2 is 2.08 bits per heavy atom. The third-order valence-electron chi connectivity index (χ3n) is 6.59. The predicted molar refractivity (Wildman–Crippen MR) is 141 cm³/mol. The number of aliphatic hydroxyl groups is 1. The number of hydrogen-bond donors (Lipinski definition) is 4. The smallest absolute Gasteiger partial charge is 0.333 e. The van der Waals surface area contributed by atoms with Crippen molar-refractivity contribution in [3.8, 4) is 0 Å². The molecule has 3 aromatic rings. The zero-order chi connectivity index (χ0) is 27.0. The molecule has 3 aromatic heterocycles. The van der Waals surface area contributed by atoms with Crippen LogP contribution in [-0.2, 0) is 21.5 Å². The van der Waals surface area contributed by atoms with Gasteiger partial charge in [-0.1, -0.05) is 29.3 Å². The zero-order valence-corrected chi connectivity index (χ0v) is 22.8. The van der Waals surface area contributed by atoms with Gasteiger partial charge in [-0.3, -0.25) is 9.35 Å². The molecule has 0 radical (unpaired) electrons. The van der Waals surface area contributed by atoms with E-state index >= 15 is 0 Å². The van der Waals surface area contributed by atoms with E-state index in [2.05, 4.69) is 20.3 Å². The fraction of sp³-hybridized carbons (Fsp3) is 0.391. The largest absolute Gasteiger partial charge is 0.393 e. The molecule has 1 fully saturated rings. The van der Waals surface area contributed by atoms with Gasteiger partial charge in [-0.15, -0.1) is 11.3 Å². The van der Waals surface area contributed by atoms with Crippen LogP contribution in [0.4, 0.5) is 5.82 Å². The third kappa shape index (κ3) is 6.00. The van der Waals surface area contributed by atoms with E-state index in [1.807, 2.05) is 10.8 Å². The van der Waals surface area contributed by atoms with Gasteiger partial charge in [-0.2, -0.15) is 13.1 Å². The number of carbonyl (C=O) groups is 1. The summed E-state index contributed by atoms with van der Waals surface area (Å²) < 4.78 is 39.3. The normalized spacial score (nSPS) is 23.3. The second kappa shape index (κ2) is 11.1. The summed E-state index contributed by atoms with van der Waals surface area (Å²) in [4.78, 5) is 26.6. The maximum atomic E-state index is 13.5. The molecule has 0 bridgehead atoms. The fourth-order valence-corrected chi connectivity index (χ4v) is 6.63. The van der Waals surface area contributed by atoms with Gasteiger partial charge in [0.2, 0.25) is 5.78 Å². The molecule has 1 saturated carbocycles. The molecule has 15 heteroatoms. The second-order valence-electron chi connectivity index (χ2n) is 9.10. The van der Waals surface area contributed by atoms with Gasteiger partial charge < -0.3 is 15.2 Å². The van der Waals surface area contributed by atoms with Gasteiger partial charge >= 0.3 is 10.3 Å². The highest BCUT2D eigenvalue weighted by molar-refractivity contribution is 7.83. The summed E-state index contributed by atoms with van der Waals surface area (Å²) in [6.45, 7) is 0.363. The maximum absolute atomic E-state index is 13.5. The van der Waals surface area contributed by atoms with E-state index < -0.39 is 28.4 Å². The molecule has 5 rings (SSSR count). The minimum atomic E-state index is -4.36. The first kappa shape index (κ1) is 27.3. The number of ether oxygens (including phenoxy) is 1. The lowest BCUT2D eigenvalue weighted by Crippen LogP contribution is -2.32. The standard InChI is InChI=1S/C23H23Cl2N5O6S2/c24-18-2-1-11-3-4-36-21(19(11)30-18)14-7-17(37-22(14)25)20(32)15-9-26-10-27-23(15)29-13-5-12(16(31)6-13)8-28-38(33,34)35/h1-2,7,9-10,12-13,16,21,28,31H,3-6,8H2,(H,26,27,29)(H,33,34,35)/t12-,13-,16+,21+/m1/s1. The van der Waals surface area contributed by atoms with E-state index in [0.717, 1.165) is 16.9 Å². The second-order valence-corrected chi connectivity index (χ2v) is 12.4. The Morgan fingerprint density at radius 1 is 1.26 bits per heavy atom. The lowest BCUT2D eigenvalue weighted by molar-refractivity contribution is 0.0667. The van der Waals surface area contributed by atoms with Gasteiger partial charge in [0.1, 0.15) is 23.4 Å². The van der Waals surface area contributed by atoms with E-state index in [1.165, 1.54) is 12.5 Å². The minimum Gasteiger partial charge on any atom is -0.393 e. The van der Waals surface area contributed by atoms with Crippen LogP contribution in [0.3, 0.4) is 0 Å². The van der Waals surface area contributed by atoms with Gasteiger partial charge in [0.05, 0.1) is 33.2 Å². The number of rotatable bonds is 8. The molecule has 0 unspecified atom stereocenters. The molecule has 11 nitrogen and oxygen atoms in total. The van der Waals surface area contributed by atoms with Crippen molar-refractivity contribution < 1.29 is 27.6 Å². The zero-order valence-electron chi connectivity index (χ0n) is 19.7. The summed E-state index contributed by atoms with van der Waals surface area (Å²) in [5.41, 5.74) is 2.52. The van der Waals surface area contributed by atoms with Gasteiger partial charge in [-0.05, 0) is 37.0 Å². The number of pyridine rings is 1. The minimum absolute atomic E-state index is 0.114. The number of aliphatic hydroxyl groups excluding tert-OH is 1. The monoisotopic (exact) mass is 599 g/mol. The summed E-state index contributed by atoms with van der Waals surface area (Å²) in [6.07, 6.45) is 2.74. The maximum Gasteiger partial charge on any atom is 0.333 e. The summed E-state index contributed by atoms with van der Waals surface area (Å²) >= 11 is 13.8. The first-order chi connectivity index (χ1) is 18.1. The first-order valence-corrected chi connectivity index (χ1v) is 14.7. The quantitative estimate of drug-likeness (QED) is 0.172. The molecule has 0 amide bonds. The highest BCUT2D eigenvalue weighted by Gasteiger charge is 2.35. The van der Waals surface area contributed by atoms with Crippen LogP contribution in [-0.4, -0.2) is 64.1 Å².